The summed E-state index contributed by atoms with van der Waals surface area (Å²) in [4.78, 5) is 33.1. The van der Waals surface area contributed by atoms with Gasteiger partial charge in [-0.25, -0.2) is 4.98 Å². The lowest BCUT2D eigenvalue weighted by Gasteiger charge is -2.20. The third-order valence-corrected chi connectivity index (χ3v) is 4.64. The van der Waals surface area contributed by atoms with E-state index in [1.807, 2.05) is 45.0 Å². The van der Waals surface area contributed by atoms with Gasteiger partial charge in [-0.2, -0.15) is 0 Å². The Bertz CT molecular complexity index is 993. The fourth-order valence-corrected chi connectivity index (χ4v) is 3.17. The van der Waals surface area contributed by atoms with E-state index in [1.165, 1.54) is 0 Å². The van der Waals surface area contributed by atoms with Crippen LogP contribution in [-0.4, -0.2) is 34.9 Å². The number of amides is 2. The van der Waals surface area contributed by atoms with Gasteiger partial charge in [0.1, 0.15) is 11.8 Å². The van der Waals surface area contributed by atoms with Crippen molar-refractivity contribution in [1.29, 1.82) is 0 Å². The van der Waals surface area contributed by atoms with Gasteiger partial charge in [0.2, 0.25) is 11.9 Å². The van der Waals surface area contributed by atoms with Gasteiger partial charge >= 0.3 is 0 Å². The molecule has 0 aliphatic rings. The number of carbonyl (C=O) groups is 2. The average molecular weight is 394 g/mol. The van der Waals surface area contributed by atoms with Crippen LogP contribution >= 0.6 is 0 Å². The van der Waals surface area contributed by atoms with E-state index < -0.39 is 6.04 Å². The number of rotatable bonds is 7. The second kappa shape index (κ2) is 8.77. The maximum atomic E-state index is 12.9. The summed E-state index contributed by atoms with van der Waals surface area (Å²) in [6, 6.07) is 12.1. The molecule has 3 N–H and O–H groups in total. The number of fused-ring (bicyclic) bond motifs is 1. The summed E-state index contributed by atoms with van der Waals surface area (Å²) in [6.07, 6.45) is 0.507. The number of H-pyrrole nitrogens is 1. The number of aryl methyl sites for hydroxylation is 1. The molecule has 1 aromatic heterocycles. The molecule has 7 heteroatoms. The largest absolute Gasteiger partial charge is 0.497 e. The van der Waals surface area contributed by atoms with Crippen LogP contribution in [0.15, 0.2) is 42.5 Å². The molecule has 0 spiro atoms. The number of imidazole rings is 1. The van der Waals surface area contributed by atoms with E-state index in [9.17, 15) is 9.59 Å². The second-order valence-corrected chi connectivity index (χ2v) is 7.43. The van der Waals surface area contributed by atoms with Crippen molar-refractivity contribution in [1.82, 2.24) is 15.3 Å². The van der Waals surface area contributed by atoms with Gasteiger partial charge in [0.15, 0.2) is 0 Å². The van der Waals surface area contributed by atoms with Crippen LogP contribution in [0, 0.1) is 12.8 Å². The Hall–Kier alpha value is -3.35. The molecule has 2 amide bonds. The van der Waals surface area contributed by atoms with Gasteiger partial charge in [-0.3, -0.25) is 14.9 Å². The zero-order chi connectivity index (χ0) is 21.0. The summed E-state index contributed by atoms with van der Waals surface area (Å²) in [5.41, 5.74) is 2.89. The van der Waals surface area contributed by atoms with E-state index in [2.05, 4.69) is 20.6 Å². The third kappa shape index (κ3) is 4.93. The molecule has 7 nitrogen and oxygen atoms in total. The molecule has 29 heavy (non-hydrogen) atoms. The SMILES string of the molecule is COc1ccc(C(=O)N[C@H](CC(C)C)C(=O)Nc2nc3ccccc3[nH]2)c(C)c1. The van der Waals surface area contributed by atoms with Crippen molar-refractivity contribution < 1.29 is 14.3 Å². The Morgan fingerprint density at radius 1 is 1.17 bits per heavy atom. The Morgan fingerprint density at radius 2 is 1.93 bits per heavy atom. The molecule has 3 rings (SSSR count). The first-order chi connectivity index (χ1) is 13.9. The lowest BCUT2D eigenvalue weighted by atomic mass is 10.0. The van der Waals surface area contributed by atoms with Gasteiger partial charge in [0.25, 0.3) is 5.91 Å². The highest BCUT2D eigenvalue weighted by molar-refractivity contribution is 6.01. The first kappa shape index (κ1) is 20.4. The molecule has 0 saturated heterocycles. The molecule has 0 aliphatic heterocycles. The van der Waals surface area contributed by atoms with Crippen LogP contribution in [0.3, 0.4) is 0 Å². The minimum Gasteiger partial charge on any atom is -0.497 e. The van der Waals surface area contributed by atoms with E-state index in [0.717, 1.165) is 16.6 Å². The van der Waals surface area contributed by atoms with Crippen molar-refractivity contribution in [2.75, 3.05) is 12.4 Å². The molecule has 1 atom stereocenters. The number of nitrogens with one attached hydrogen (secondary N) is 3. The monoisotopic (exact) mass is 394 g/mol. The third-order valence-electron chi connectivity index (χ3n) is 4.64. The quantitative estimate of drug-likeness (QED) is 0.570. The topological polar surface area (TPSA) is 96.1 Å². The van der Waals surface area contributed by atoms with Crippen LogP contribution in [0.5, 0.6) is 5.75 Å². The number of aromatic amines is 1. The average Bonchev–Trinajstić information content (AvgIpc) is 3.09. The molecule has 0 unspecified atom stereocenters. The van der Waals surface area contributed by atoms with Crippen molar-refractivity contribution in [3.05, 3.63) is 53.6 Å². The highest BCUT2D eigenvalue weighted by Gasteiger charge is 2.24. The predicted octanol–water partition coefficient (Wildman–Crippen LogP) is 3.66. The van der Waals surface area contributed by atoms with Gasteiger partial charge in [0.05, 0.1) is 18.1 Å². The van der Waals surface area contributed by atoms with E-state index in [4.69, 9.17) is 4.74 Å². The number of nitrogens with zero attached hydrogens (tertiary/aromatic N) is 1. The number of hydrogen-bond acceptors (Lipinski definition) is 4. The minimum absolute atomic E-state index is 0.221. The van der Waals surface area contributed by atoms with Gasteiger partial charge in [-0.15, -0.1) is 0 Å². The first-order valence-corrected chi connectivity index (χ1v) is 9.58. The summed E-state index contributed by atoms with van der Waals surface area (Å²) in [6.45, 7) is 5.85. The van der Waals surface area contributed by atoms with Crippen molar-refractivity contribution in [3.8, 4) is 5.75 Å². The van der Waals surface area contributed by atoms with E-state index in [0.29, 0.717) is 23.7 Å². The molecule has 152 valence electrons. The smallest absolute Gasteiger partial charge is 0.252 e. The number of ether oxygens (including phenoxy) is 1. The Kier molecular flexibility index (Phi) is 6.16. The maximum absolute atomic E-state index is 12.9. The Labute approximate surface area is 169 Å². The fourth-order valence-electron chi connectivity index (χ4n) is 3.17. The molecule has 0 aliphatic carbocycles. The molecule has 0 bridgehead atoms. The zero-order valence-electron chi connectivity index (χ0n) is 17.1. The summed E-state index contributed by atoms with van der Waals surface area (Å²) in [5.74, 6) is 0.659. The number of hydrogen-bond donors (Lipinski definition) is 3. The number of anilines is 1. The molecular formula is C22H26N4O3. The van der Waals surface area contributed by atoms with Crippen LogP contribution in [0.4, 0.5) is 5.95 Å². The number of benzene rings is 2. The lowest BCUT2D eigenvalue weighted by Crippen LogP contribution is -2.44. The van der Waals surface area contributed by atoms with Gasteiger partial charge in [-0.05, 0) is 55.2 Å². The first-order valence-electron chi connectivity index (χ1n) is 9.58. The Balaban J connectivity index is 1.76. The summed E-state index contributed by atoms with van der Waals surface area (Å²) in [5, 5.41) is 5.65. The van der Waals surface area contributed by atoms with Crippen molar-refractivity contribution in [2.24, 2.45) is 5.92 Å². The van der Waals surface area contributed by atoms with E-state index >= 15 is 0 Å². The highest BCUT2D eigenvalue weighted by Crippen LogP contribution is 2.18. The van der Waals surface area contributed by atoms with Crippen molar-refractivity contribution >= 4 is 28.8 Å². The van der Waals surface area contributed by atoms with Gasteiger partial charge in [-0.1, -0.05) is 26.0 Å². The lowest BCUT2D eigenvalue weighted by molar-refractivity contribution is -0.118. The van der Waals surface area contributed by atoms with Crippen LogP contribution in [-0.2, 0) is 4.79 Å². The van der Waals surface area contributed by atoms with Crippen LogP contribution in [0.2, 0.25) is 0 Å². The summed E-state index contributed by atoms with van der Waals surface area (Å²) in [7, 11) is 1.58. The second-order valence-electron chi connectivity index (χ2n) is 7.43. The Morgan fingerprint density at radius 3 is 2.59 bits per heavy atom. The van der Waals surface area contributed by atoms with Crippen molar-refractivity contribution in [3.63, 3.8) is 0 Å². The molecule has 0 fully saturated rings. The highest BCUT2D eigenvalue weighted by atomic mass is 16.5. The maximum Gasteiger partial charge on any atom is 0.252 e. The molecule has 3 aromatic rings. The predicted molar refractivity (Wildman–Crippen MR) is 113 cm³/mol. The van der Waals surface area contributed by atoms with Gasteiger partial charge in [0, 0.05) is 5.56 Å². The number of para-hydroxylation sites is 2. The van der Waals surface area contributed by atoms with E-state index in [1.54, 1.807) is 25.3 Å². The number of aromatic nitrogens is 2. The summed E-state index contributed by atoms with van der Waals surface area (Å²) >= 11 is 0. The fraction of sp³-hybridized carbons (Fsp3) is 0.318. The van der Waals surface area contributed by atoms with Crippen LogP contribution in [0.1, 0.15) is 36.2 Å². The minimum atomic E-state index is -0.683. The normalized spacial score (nSPS) is 12.0. The molecule has 0 saturated carbocycles. The van der Waals surface area contributed by atoms with Crippen LogP contribution < -0.4 is 15.4 Å². The van der Waals surface area contributed by atoms with Gasteiger partial charge < -0.3 is 15.0 Å². The standard InChI is InChI=1S/C22H26N4O3/c1-13(2)11-19(23-20(27)16-10-9-15(29-4)12-14(16)3)21(28)26-22-24-17-7-5-6-8-18(17)25-22/h5-10,12-13,19H,11H2,1-4H3,(H,23,27)(H2,24,25,26,28)/t19-/m1/s1. The molecule has 2 aromatic carbocycles. The number of methoxy groups -OCH3 is 1. The zero-order valence-corrected chi connectivity index (χ0v) is 17.1. The summed E-state index contributed by atoms with van der Waals surface area (Å²) < 4.78 is 5.19. The van der Waals surface area contributed by atoms with Crippen LogP contribution in [0.25, 0.3) is 11.0 Å². The molecular weight excluding hydrogens is 368 g/mol. The molecule has 0 radical (unpaired) electrons. The van der Waals surface area contributed by atoms with E-state index in [-0.39, 0.29) is 17.7 Å². The van der Waals surface area contributed by atoms with Crippen molar-refractivity contribution in [2.45, 2.75) is 33.2 Å². The number of carbonyl (C=O) groups excluding carboxylic acids is 2. The molecule has 1 heterocycles.